The number of rotatable bonds is 3. The summed E-state index contributed by atoms with van der Waals surface area (Å²) in [5.74, 6) is -0.284. The van der Waals surface area contributed by atoms with E-state index in [-0.39, 0.29) is 17.4 Å². The lowest BCUT2D eigenvalue weighted by atomic mass is 10.0. The standard InChI is InChI=1S/C25H24FN5O/c1-16-12-18(4-9-21(16)30-14-17(2)28-15-30)13-23-24(32)31-22(10-11-27-25(31)29(23)3)19-5-7-20(26)8-6-19/h4-9,12-15,22H,10-11H2,1-3H3/b23-13-. The Morgan fingerprint density at radius 3 is 2.59 bits per heavy atom. The van der Waals surface area contributed by atoms with Crippen LogP contribution in [0.15, 0.2) is 64.8 Å². The number of benzene rings is 2. The molecule has 0 N–H and O–H groups in total. The van der Waals surface area contributed by atoms with Gasteiger partial charge >= 0.3 is 0 Å². The van der Waals surface area contributed by atoms with Crippen molar-refractivity contribution >= 4 is 6.08 Å². The number of aromatic nitrogens is 4. The Balaban J connectivity index is 1.61. The zero-order chi connectivity index (χ0) is 22.4. The van der Waals surface area contributed by atoms with Gasteiger partial charge in [0.15, 0.2) is 0 Å². The van der Waals surface area contributed by atoms with E-state index in [1.807, 2.05) is 54.4 Å². The average Bonchev–Trinajstić information content (AvgIpc) is 3.31. The van der Waals surface area contributed by atoms with Gasteiger partial charge in [-0.15, -0.1) is 0 Å². The molecule has 0 fully saturated rings. The molecule has 1 aliphatic heterocycles. The van der Waals surface area contributed by atoms with E-state index < -0.39 is 0 Å². The smallest absolute Gasteiger partial charge is 0.277 e. The van der Waals surface area contributed by atoms with Crippen LogP contribution in [0.5, 0.6) is 0 Å². The number of fused-ring (bicyclic) bond motifs is 1. The van der Waals surface area contributed by atoms with Gasteiger partial charge in [-0.1, -0.05) is 18.2 Å². The lowest BCUT2D eigenvalue weighted by Crippen LogP contribution is -2.38. The maximum Gasteiger partial charge on any atom is 0.277 e. The predicted octanol–water partition coefficient (Wildman–Crippen LogP) is 2.57. The SMILES string of the molecule is Cc1cn(-c2ccc(/C=c3/c(=O)n4c(n3C)=NCCC4c3ccc(F)cc3)cc2C)cn1. The van der Waals surface area contributed by atoms with Gasteiger partial charge in [-0.25, -0.2) is 9.37 Å². The second-order valence-corrected chi connectivity index (χ2v) is 8.27. The van der Waals surface area contributed by atoms with Crippen LogP contribution >= 0.6 is 0 Å². The number of hydrogen-bond donors (Lipinski definition) is 0. The molecule has 0 bridgehead atoms. The van der Waals surface area contributed by atoms with E-state index in [1.54, 1.807) is 23.0 Å². The molecule has 0 aliphatic carbocycles. The minimum absolute atomic E-state index is 0.0905. The van der Waals surface area contributed by atoms with Gasteiger partial charge in [0, 0.05) is 25.5 Å². The Morgan fingerprint density at radius 2 is 1.91 bits per heavy atom. The molecule has 1 atom stereocenters. The van der Waals surface area contributed by atoms with Gasteiger partial charge in [0.1, 0.15) is 11.2 Å². The predicted molar refractivity (Wildman–Crippen MR) is 121 cm³/mol. The number of hydrogen-bond acceptors (Lipinski definition) is 3. The van der Waals surface area contributed by atoms with Gasteiger partial charge < -0.3 is 9.13 Å². The Kier molecular flexibility index (Phi) is 4.89. The lowest BCUT2D eigenvalue weighted by molar-refractivity contribution is 0.465. The molecule has 6 nitrogen and oxygen atoms in total. The highest BCUT2D eigenvalue weighted by atomic mass is 19.1. The fourth-order valence-corrected chi connectivity index (χ4v) is 4.43. The monoisotopic (exact) mass is 429 g/mol. The number of aryl methyl sites for hydroxylation is 2. The summed E-state index contributed by atoms with van der Waals surface area (Å²) in [4.78, 5) is 22.3. The number of halogens is 1. The summed E-state index contributed by atoms with van der Waals surface area (Å²) in [5, 5.41) is 0.573. The van der Waals surface area contributed by atoms with Crippen LogP contribution in [-0.2, 0) is 7.05 Å². The van der Waals surface area contributed by atoms with E-state index in [0.29, 0.717) is 23.9 Å². The van der Waals surface area contributed by atoms with Gasteiger partial charge in [0.2, 0.25) is 5.62 Å². The van der Waals surface area contributed by atoms with E-state index in [4.69, 9.17) is 0 Å². The third kappa shape index (κ3) is 3.39. The topological polar surface area (TPSA) is 57.1 Å². The van der Waals surface area contributed by atoms with Gasteiger partial charge in [0.05, 0.1) is 18.1 Å². The molecule has 2 aromatic carbocycles. The van der Waals surface area contributed by atoms with Gasteiger partial charge in [-0.05, 0) is 67.3 Å². The largest absolute Gasteiger partial charge is 0.310 e. The van der Waals surface area contributed by atoms with Crippen LogP contribution in [0.1, 0.15) is 34.8 Å². The van der Waals surface area contributed by atoms with Crippen molar-refractivity contribution in [2.45, 2.75) is 26.3 Å². The first-order chi connectivity index (χ1) is 15.4. The number of nitrogens with zero attached hydrogens (tertiary/aromatic N) is 5. The zero-order valence-corrected chi connectivity index (χ0v) is 18.3. The van der Waals surface area contributed by atoms with Crippen molar-refractivity contribution in [1.82, 2.24) is 18.7 Å². The Bertz CT molecular complexity index is 1490. The Labute approximate surface area is 184 Å². The fraction of sp³-hybridized carbons (Fsp3) is 0.240. The highest BCUT2D eigenvalue weighted by Crippen LogP contribution is 2.21. The average molecular weight is 429 g/mol. The lowest BCUT2D eigenvalue weighted by Gasteiger charge is -2.21. The summed E-state index contributed by atoms with van der Waals surface area (Å²) in [5.41, 5.74) is 5.51. The maximum absolute atomic E-state index is 13.4. The van der Waals surface area contributed by atoms with Crippen LogP contribution in [0.4, 0.5) is 4.39 Å². The third-order valence-corrected chi connectivity index (χ3v) is 6.05. The molecule has 3 heterocycles. The minimum Gasteiger partial charge on any atom is -0.310 e. The van der Waals surface area contributed by atoms with Gasteiger partial charge in [-0.2, -0.15) is 0 Å². The highest BCUT2D eigenvalue weighted by Gasteiger charge is 2.23. The third-order valence-electron chi connectivity index (χ3n) is 6.05. The summed E-state index contributed by atoms with van der Waals surface area (Å²) in [6, 6.07) is 12.3. The van der Waals surface area contributed by atoms with E-state index >= 15 is 0 Å². The van der Waals surface area contributed by atoms with E-state index in [0.717, 1.165) is 28.1 Å². The molecule has 4 aromatic rings. The Hall–Kier alpha value is -3.74. The molecule has 7 heteroatoms. The molecule has 1 aliphatic rings. The van der Waals surface area contributed by atoms with Crippen LogP contribution in [-0.4, -0.2) is 25.2 Å². The van der Waals surface area contributed by atoms with Crippen LogP contribution in [0.3, 0.4) is 0 Å². The van der Waals surface area contributed by atoms with Crippen molar-refractivity contribution in [1.29, 1.82) is 0 Å². The van der Waals surface area contributed by atoms with E-state index in [1.165, 1.54) is 12.1 Å². The first-order valence-electron chi connectivity index (χ1n) is 10.6. The van der Waals surface area contributed by atoms with E-state index in [2.05, 4.69) is 16.0 Å². The quantitative estimate of drug-likeness (QED) is 0.503. The summed E-state index contributed by atoms with van der Waals surface area (Å²) < 4.78 is 19.0. The molecule has 0 saturated carbocycles. The Morgan fingerprint density at radius 1 is 1.12 bits per heavy atom. The van der Waals surface area contributed by atoms with Crippen LogP contribution in [0, 0.1) is 19.7 Å². The zero-order valence-electron chi connectivity index (χ0n) is 18.3. The molecule has 162 valence electrons. The fourth-order valence-electron chi connectivity index (χ4n) is 4.43. The van der Waals surface area contributed by atoms with Crippen LogP contribution in [0.25, 0.3) is 11.8 Å². The second kappa shape index (κ2) is 7.75. The summed E-state index contributed by atoms with van der Waals surface area (Å²) in [6.07, 6.45) is 6.40. The number of imidazole rings is 2. The minimum atomic E-state index is -0.284. The maximum atomic E-state index is 13.4. The molecule has 0 spiro atoms. The van der Waals surface area contributed by atoms with Crippen molar-refractivity contribution in [3.8, 4) is 5.69 Å². The molecule has 2 aromatic heterocycles. The first-order valence-corrected chi connectivity index (χ1v) is 10.6. The van der Waals surface area contributed by atoms with Gasteiger partial charge in [0.25, 0.3) is 5.56 Å². The molecular formula is C25H24FN5O. The van der Waals surface area contributed by atoms with Crippen LogP contribution in [0.2, 0.25) is 0 Å². The normalized spacial score (nSPS) is 16.1. The van der Waals surface area contributed by atoms with Crippen LogP contribution < -0.4 is 16.5 Å². The first kappa shape index (κ1) is 20.2. The molecule has 5 rings (SSSR count). The van der Waals surface area contributed by atoms with Gasteiger partial charge in [-0.3, -0.25) is 14.4 Å². The van der Waals surface area contributed by atoms with Crippen molar-refractivity contribution in [3.63, 3.8) is 0 Å². The molecule has 0 amide bonds. The molecular weight excluding hydrogens is 405 g/mol. The molecule has 32 heavy (non-hydrogen) atoms. The van der Waals surface area contributed by atoms with Crippen molar-refractivity contribution in [2.24, 2.45) is 12.0 Å². The van der Waals surface area contributed by atoms with E-state index in [9.17, 15) is 9.18 Å². The summed E-state index contributed by atoms with van der Waals surface area (Å²) >= 11 is 0. The highest BCUT2D eigenvalue weighted by molar-refractivity contribution is 5.54. The second-order valence-electron chi connectivity index (χ2n) is 8.27. The summed E-state index contributed by atoms with van der Waals surface area (Å²) in [7, 11) is 1.87. The van der Waals surface area contributed by atoms with Crippen molar-refractivity contribution in [3.05, 3.63) is 105 Å². The molecule has 0 saturated heterocycles. The van der Waals surface area contributed by atoms with Crippen molar-refractivity contribution < 1.29 is 4.39 Å². The molecule has 0 radical (unpaired) electrons. The van der Waals surface area contributed by atoms with Crippen molar-refractivity contribution in [2.75, 3.05) is 6.54 Å². The molecule has 1 unspecified atom stereocenters. The summed E-state index contributed by atoms with van der Waals surface area (Å²) in [6.45, 7) is 4.63.